The first-order chi connectivity index (χ1) is 8.71. The lowest BCUT2D eigenvalue weighted by Crippen LogP contribution is -2.42. The molecule has 102 valence electrons. The highest BCUT2D eigenvalue weighted by atomic mass is 16.5. The average molecular weight is 249 g/mol. The molecule has 0 heterocycles. The summed E-state index contributed by atoms with van der Waals surface area (Å²) in [4.78, 5) is 0. The van der Waals surface area contributed by atoms with Gasteiger partial charge in [0, 0.05) is 13.2 Å². The maximum absolute atomic E-state index is 5.59. The molecule has 0 spiro atoms. The standard InChI is InChI=1S/C16H27NO/c1-5-11-17-15(16(6-2)18-4)12-14-9-7-13(3)8-10-14/h7-10,15-17H,5-6,11-12H2,1-4H3. The summed E-state index contributed by atoms with van der Waals surface area (Å²) in [6.07, 6.45) is 3.53. The van der Waals surface area contributed by atoms with Gasteiger partial charge in [0.1, 0.15) is 0 Å². The minimum absolute atomic E-state index is 0.290. The highest BCUT2D eigenvalue weighted by Gasteiger charge is 2.19. The molecule has 0 aliphatic rings. The molecule has 0 aromatic heterocycles. The summed E-state index contributed by atoms with van der Waals surface area (Å²) in [6, 6.07) is 9.21. The molecule has 1 aromatic rings. The van der Waals surface area contributed by atoms with E-state index < -0.39 is 0 Å². The Morgan fingerprint density at radius 3 is 2.33 bits per heavy atom. The molecule has 2 heteroatoms. The van der Waals surface area contributed by atoms with Gasteiger partial charge in [-0.2, -0.15) is 0 Å². The van der Waals surface area contributed by atoms with Gasteiger partial charge in [0.25, 0.3) is 0 Å². The van der Waals surface area contributed by atoms with Crippen LogP contribution in [0, 0.1) is 6.92 Å². The van der Waals surface area contributed by atoms with Gasteiger partial charge in [0.2, 0.25) is 0 Å². The molecule has 1 N–H and O–H groups in total. The van der Waals surface area contributed by atoms with E-state index in [0.717, 1.165) is 25.8 Å². The fraction of sp³-hybridized carbons (Fsp3) is 0.625. The summed E-state index contributed by atoms with van der Waals surface area (Å²) < 4.78 is 5.59. The average Bonchev–Trinajstić information content (AvgIpc) is 2.39. The van der Waals surface area contributed by atoms with E-state index >= 15 is 0 Å². The molecule has 1 aromatic carbocycles. The van der Waals surface area contributed by atoms with Crippen LogP contribution in [0.4, 0.5) is 0 Å². The Labute approximate surface area is 112 Å². The van der Waals surface area contributed by atoms with Crippen LogP contribution < -0.4 is 5.32 Å². The summed E-state index contributed by atoms with van der Waals surface area (Å²) in [5.41, 5.74) is 2.69. The van der Waals surface area contributed by atoms with E-state index in [-0.39, 0.29) is 6.10 Å². The van der Waals surface area contributed by atoms with Crippen molar-refractivity contribution in [2.75, 3.05) is 13.7 Å². The van der Waals surface area contributed by atoms with Crippen LogP contribution in [0.25, 0.3) is 0 Å². The van der Waals surface area contributed by atoms with Crippen molar-refractivity contribution in [3.63, 3.8) is 0 Å². The molecule has 0 amide bonds. The summed E-state index contributed by atoms with van der Waals surface area (Å²) in [5.74, 6) is 0. The van der Waals surface area contributed by atoms with Gasteiger partial charge in [-0.15, -0.1) is 0 Å². The SMILES string of the molecule is CCCNC(Cc1ccc(C)cc1)C(CC)OC. The van der Waals surface area contributed by atoms with Gasteiger partial charge < -0.3 is 10.1 Å². The van der Waals surface area contributed by atoms with E-state index in [1.165, 1.54) is 11.1 Å². The second-order valence-electron chi connectivity index (χ2n) is 4.93. The van der Waals surface area contributed by atoms with Crippen LogP contribution in [0.2, 0.25) is 0 Å². The minimum Gasteiger partial charge on any atom is -0.380 e. The van der Waals surface area contributed by atoms with Crippen molar-refractivity contribution in [2.45, 2.75) is 52.2 Å². The molecule has 1 rings (SSSR count). The number of methoxy groups -OCH3 is 1. The first-order valence-electron chi connectivity index (χ1n) is 7.03. The van der Waals surface area contributed by atoms with Crippen LogP contribution in [0.5, 0.6) is 0 Å². The van der Waals surface area contributed by atoms with Crippen LogP contribution in [0.15, 0.2) is 24.3 Å². The van der Waals surface area contributed by atoms with Crippen molar-refractivity contribution in [1.29, 1.82) is 0 Å². The van der Waals surface area contributed by atoms with Crippen LogP contribution in [0.1, 0.15) is 37.8 Å². The van der Waals surface area contributed by atoms with Crippen LogP contribution in [-0.4, -0.2) is 25.8 Å². The van der Waals surface area contributed by atoms with Gasteiger partial charge in [-0.05, 0) is 38.3 Å². The Morgan fingerprint density at radius 2 is 1.83 bits per heavy atom. The van der Waals surface area contributed by atoms with E-state index in [0.29, 0.717) is 6.04 Å². The molecule has 0 saturated carbocycles. The summed E-state index contributed by atoms with van der Waals surface area (Å²) in [6.45, 7) is 7.56. The number of hydrogen-bond acceptors (Lipinski definition) is 2. The lowest BCUT2D eigenvalue weighted by atomic mass is 9.98. The molecule has 0 aliphatic carbocycles. The largest absolute Gasteiger partial charge is 0.380 e. The van der Waals surface area contributed by atoms with Crippen molar-refractivity contribution >= 4 is 0 Å². The maximum atomic E-state index is 5.59. The molecule has 18 heavy (non-hydrogen) atoms. The number of rotatable bonds is 8. The minimum atomic E-state index is 0.290. The number of hydrogen-bond donors (Lipinski definition) is 1. The number of ether oxygens (including phenoxy) is 1. The Balaban J connectivity index is 2.67. The summed E-state index contributed by atoms with van der Waals surface area (Å²) in [7, 11) is 1.81. The third-order valence-electron chi connectivity index (χ3n) is 3.39. The molecular formula is C16H27NO. The van der Waals surface area contributed by atoms with Gasteiger partial charge in [-0.25, -0.2) is 0 Å². The van der Waals surface area contributed by atoms with E-state index in [1.807, 2.05) is 7.11 Å². The summed E-state index contributed by atoms with van der Waals surface area (Å²) >= 11 is 0. The molecule has 0 aliphatic heterocycles. The molecule has 2 unspecified atom stereocenters. The van der Waals surface area contributed by atoms with Gasteiger partial charge in [-0.1, -0.05) is 43.7 Å². The van der Waals surface area contributed by atoms with E-state index in [1.54, 1.807) is 0 Å². The quantitative estimate of drug-likeness (QED) is 0.763. The van der Waals surface area contributed by atoms with E-state index in [4.69, 9.17) is 4.74 Å². The number of aryl methyl sites for hydroxylation is 1. The van der Waals surface area contributed by atoms with Gasteiger partial charge >= 0.3 is 0 Å². The Morgan fingerprint density at radius 1 is 1.17 bits per heavy atom. The lowest BCUT2D eigenvalue weighted by molar-refractivity contribution is 0.0653. The number of benzene rings is 1. The Hall–Kier alpha value is -0.860. The van der Waals surface area contributed by atoms with Crippen LogP contribution in [-0.2, 0) is 11.2 Å². The molecule has 0 radical (unpaired) electrons. The highest BCUT2D eigenvalue weighted by Crippen LogP contribution is 2.12. The van der Waals surface area contributed by atoms with Gasteiger partial charge in [-0.3, -0.25) is 0 Å². The van der Waals surface area contributed by atoms with Crippen molar-refractivity contribution in [2.24, 2.45) is 0 Å². The predicted octanol–water partition coefficient (Wildman–Crippen LogP) is 3.33. The molecule has 0 bridgehead atoms. The van der Waals surface area contributed by atoms with E-state index in [9.17, 15) is 0 Å². The molecule has 2 nitrogen and oxygen atoms in total. The van der Waals surface area contributed by atoms with Gasteiger partial charge in [0.15, 0.2) is 0 Å². The zero-order valence-corrected chi connectivity index (χ0v) is 12.2. The second-order valence-corrected chi connectivity index (χ2v) is 4.93. The first-order valence-corrected chi connectivity index (χ1v) is 7.03. The maximum Gasteiger partial charge on any atom is 0.0724 e. The van der Waals surface area contributed by atoms with Crippen LogP contribution >= 0.6 is 0 Å². The zero-order chi connectivity index (χ0) is 13.4. The lowest BCUT2D eigenvalue weighted by Gasteiger charge is -2.26. The Kier molecular flexibility index (Phi) is 6.99. The monoisotopic (exact) mass is 249 g/mol. The fourth-order valence-electron chi connectivity index (χ4n) is 2.26. The molecular weight excluding hydrogens is 222 g/mol. The third kappa shape index (κ3) is 4.79. The normalized spacial score (nSPS) is 14.4. The van der Waals surface area contributed by atoms with Crippen molar-refractivity contribution in [1.82, 2.24) is 5.32 Å². The topological polar surface area (TPSA) is 21.3 Å². The smallest absolute Gasteiger partial charge is 0.0724 e. The highest BCUT2D eigenvalue weighted by molar-refractivity contribution is 5.22. The Bertz CT molecular complexity index is 316. The molecule has 0 fully saturated rings. The second kappa shape index (κ2) is 8.28. The van der Waals surface area contributed by atoms with Crippen molar-refractivity contribution < 1.29 is 4.74 Å². The van der Waals surface area contributed by atoms with Gasteiger partial charge in [0.05, 0.1) is 6.10 Å². The van der Waals surface area contributed by atoms with Crippen LogP contribution in [0.3, 0.4) is 0 Å². The van der Waals surface area contributed by atoms with Crippen molar-refractivity contribution in [3.8, 4) is 0 Å². The number of nitrogens with one attached hydrogen (secondary N) is 1. The molecule has 2 atom stereocenters. The zero-order valence-electron chi connectivity index (χ0n) is 12.2. The van der Waals surface area contributed by atoms with Crippen molar-refractivity contribution in [3.05, 3.63) is 35.4 Å². The summed E-state index contributed by atoms with van der Waals surface area (Å²) in [5, 5.41) is 3.61. The predicted molar refractivity (Wildman–Crippen MR) is 78.1 cm³/mol. The van der Waals surface area contributed by atoms with E-state index in [2.05, 4.69) is 50.4 Å². The molecule has 0 saturated heterocycles. The third-order valence-corrected chi connectivity index (χ3v) is 3.39. The fourth-order valence-corrected chi connectivity index (χ4v) is 2.26. The first kappa shape index (κ1) is 15.2.